The van der Waals surface area contributed by atoms with Crippen molar-refractivity contribution in [1.29, 1.82) is 5.26 Å². The quantitative estimate of drug-likeness (QED) is 0.790. The SMILES string of the molecule is CCNC(=O)[C@]12CN(c3nc(C4CC4)ncc3C#N)C[C@H]1C(Oc1ccccc1)=NO2. The van der Waals surface area contributed by atoms with E-state index in [0.29, 0.717) is 42.0 Å². The number of anilines is 1. The summed E-state index contributed by atoms with van der Waals surface area (Å²) >= 11 is 0. The van der Waals surface area contributed by atoms with Crippen LogP contribution >= 0.6 is 0 Å². The molecule has 3 heterocycles. The zero-order valence-electron chi connectivity index (χ0n) is 17.1. The topological polar surface area (TPSA) is 113 Å². The van der Waals surface area contributed by atoms with E-state index in [9.17, 15) is 10.1 Å². The van der Waals surface area contributed by atoms with Gasteiger partial charge in [0.15, 0.2) is 5.82 Å². The standard InChI is InChI=1S/C22H22N6O3/c1-2-24-21(29)22-13-28(19-15(10-23)11-25-18(26-19)14-8-9-14)12-17(22)20(27-31-22)30-16-6-4-3-5-7-16/h3-7,11,14,17H,2,8-9,12-13H2,1H3,(H,24,29)/t17-,22-/m0/s1. The molecule has 1 amide bonds. The largest absolute Gasteiger partial charge is 0.439 e. The van der Waals surface area contributed by atoms with E-state index in [4.69, 9.17) is 9.57 Å². The molecule has 158 valence electrons. The van der Waals surface area contributed by atoms with Crippen LogP contribution in [0.2, 0.25) is 0 Å². The summed E-state index contributed by atoms with van der Waals surface area (Å²) in [6, 6.07) is 11.4. The molecule has 0 spiro atoms. The number of carbonyl (C=O) groups excluding carboxylic acids is 1. The molecule has 1 saturated carbocycles. The van der Waals surface area contributed by atoms with Crippen LogP contribution in [0, 0.1) is 17.2 Å². The van der Waals surface area contributed by atoms with Crippen molar-refractivity contribution in [2.45, 2.75) is 31.3 Å². The van der Waals surface area contributed by atoms with E-state index in [-0.39, 0.29) is 12.5 Å². The molecule has 1 saturated heterocycles. The van der Waals surface area contributed by atoms with Crippen molar-refractivity contribution in [3.05, 3.63) is 47.9 Å². The van der Waals surface area contributed by atoms with Crippen LogP contribution in [0.4, 0.5) is 5.82 Å². The summed E-state index contributed by atoms with van der Waals surface area (Å²) in [5.41, 5.74) is -0.866. The van der Waals surface area contributed by atoms with Gasteiger partial charge in [0.1, 0.15) is 29.1 Å². The number of amides is 1. The highest BCUT2D eigenvalue weighted by molar-refractivity contribution is 5.97. The van der Waals surface area contributed by atoms with Gasteiger partial charge in [-0.05, 0) is 37.1 Å². The molecular weight excluding hydrogens is 396 g/mol. The van der Waals surface area contributed by atoms with Crippen LogP contribution in [0.15, 0.2) is 41.7 Å². The third kappa shape index (κ3) is 3.34. The van der Waals surface area contributed by atoms with E-state index in [1.54, 1.807) is 6.20 Å². The minimum Gasteiger partial charge on any atom is -0.439 e. The fourth-order valence-electron chi connectivity index (χ4n) is 4.07. The van der Waals surface area contributed by atoms with Crippen molar-refractivity contribution in [1.82, 2.24) is 15.3 Å². The van der Waals surface area contributed by atoms with E-state index in [1.807, 2.05) is 42.2 Å². The van der Waals surface area contributed by atoms with Gasteiger partial charge in [0.2, 0.25) is 11.5 Å². The lowest BCUT2D eigenvalue weighted by molar-refractivity contribution is -0.144. The Labute approximate surface area is 179 Å². The Morgan fingerprint density at radius 3 is 2.90 bits per heavy atom. The molecule has 0 unspecified atom stereocenters. The van der Waals surface area contributed by atoms with Gasteiger partial charge in [-0.25, -0.2) is 9.97 Å². The fraction of sp³-hybridized carbons (Fsp3) is 0.409. The number of aromatic nitrogens is 2. The molecule has 9 heteroatoms. The number of carbonyl (C=O) groups is 1. The van der Waals surface area contributed by atoms with Crippen LogP contribution in [0.3, 0.4) is 0 Å². The Balaban J connectivity index is 1.48. The highest BCUT2D eigenvalue weighted by atomic mass is 16.7. The molecule has 0 bridgehead atoms. The van der Waals surface area contributed by atoms with Gasteiger partial charge in [-0.2, -0.15) is 5.26 Å². The minimum atomic E-state index is -1.24. The molecule has 1 aromatic heterocycles. The maximum atomic E-state index is 13.1. The number of oxime groups is 1. The Morgan fingerprint density at radius 1 is 1.39 bits per heavy atom. The van der Waals surface area contributed by atoms with Crippen molar-refractivity contribution >= 4 is 17.6 Å². The Bertz CT molecular complexity index is 1080. The Morgan fingerprint density at radius 2 is 2.19 bits per heavy atom. The number of likely N-dealkylation sites (N-methyl/N-ethyl adjacent to an activating group) is 1. The number of nitrogens with one attached hydrogen (secondary N) is 1. The number of benzene rings is 1. The number of fused-ring (bicyclic) bond motifs is 1. The van der Waals surface area contributed by atoms with Gasteiger partial charge in [0.25, 0.3) is 5.91 Å². The third-order valence-electron chi connectivity index (χ3n) is 5.83. The maximum Gasteiger partial charge on any atom is 0.269 e. The number of hydrogen-bond donors (Lipinski definition) is 1. The predicted molar refractivity (Wildman–Crippen MR) is 111 cm³/mol. The van der Waals surface area contributed by atoms with E-state index >= 15 is 0 Å². The Hall–Kier alpha value is -3.67. The monoisotopic (exact) mass is 418 g/mol. The zero-order valence-corrected chi connectivity index (χ0v) is 17.1. The van der Waals surface area contributed by atoms with Crippen molar-refractivity contribution < 1.29 is 14.4 Å². The van der Waals surface area contributed by atoms with Crippen molar-refractivity contribution in [3.8, 4) is 11.8 Å². The molecule has 9 nitrogen and oxygen atoms in total. The van der Waals surface area contributed by atoms with Gasteiger partial charge in [-0.1, -0.05) is 18.2 Å². The molecule has 1 aliphatic carbocycles. The molecule has 1 N–H and O–H groups in total. The molecule has 0 radical (unpaired) electrons. The predicted octanol–water partition coefficient (Wildman–Crippen LogP) is 1.96. The first kappa shape index (κ1) is 19.3. The summed E-state index contributed by atoms with van der Waals surface area (Å²) in [6.07, 6.45) is 3.68. The van der Waals surface area contributed by atoms with E-state index in [0.717, 1.165) is 18.7 Å². The first-order chi connectivity index (χ1) is 15.1. The lowest BCUT2D eigenvalue weighted by atomic mass is 9.90. The van der Waals surface area contributed by atoms with Crippen LogP contribution in [0.1, 0.15) is 37.1 Å². The number of rotatable bonds is 5. The van der Waals surface area contributed by atoms with E-state index in [2.05, 4.69) is 26.5 Å². The number of nitrogens with zero attached hydrogens (tertiary/aromatic N) is 5. The first-order valence-corrected chi connectivity index (χ1v) is 10.4. The summed E-state index contributed by atoms with van der Waals surface area (Å²) in [5.74, 6) is 1.88. The van der Waals surface area contributed by atoms with Gasteiger partial charge in [0.05, 0.1) is 12.7 Å². The van der Waals surface area contributed by atoms with Crippen molar-refractivity contribution in [2.24, 2.45) is 11.1 Å². The summed E-state index contributed by atoms with van der Waals surface area (Å²) in [4.78, 5) is 29.8. The summed E-state index contributed by atoms with van der Waals surface area (Å²) in [6.45, 7) is 2.92. The normalized spacial score (nSPS) is 24.1. The fourth-order valence-corrected chi connectivity index (χ4v) is 4.07. The highest BCUT2D eigenvalue weighted by Crippen LogP contribution is 2.42. The molecule has 5 rings (SSSR count). The maximum absolute atomic E-state index is 13.1. The average Bonchev–Trinajstić information content (AvgIpc) is 3.49. The number of hydrogen-bond acceptors (Lipinski definition) is 8. The molecule has 2 fully saturated rings. The average molecular weight is 418 g/mol. The molecule has 1 aromatic carbocycles. The second-order valence-electron chi connectivity index (χ2n) is 7.97. The second-order valence-corrected chi connectivity index (χ2v) is 7.97. The number of ether oxygens (including phenoxy) is 1. The molecule has 31 heavy (non-hydrogen) atoms. The van der Waals surface area contributed by atoms with Crippen LogP contribution in [-0.4, -0.2) is 47.0 Å². The summed E-state index contributed by atoms with van der Waals surface area (Å²) in [5, 5.41) is 16.6. The van der Waals surface area contributed by atoms with Gasteiger partial charge in [-0.15, -0.1) is 0 Å². The van der Waals surface area contributed by atoms with Crippen LogP contribution in [0.25, 0.3) is 0 Å². The van der Waals surface area contributed by atoms with Crippen LogP contribution in [0.5, 0.6) is 5.75 Å². The van der Waals surface area contributed by atoms with Crippen LogP contribution < -0.4 is 15.0 Å². The summed E-state index contributed by atoms with van der Waals surface area (Å²) < 4.78 is 5.98. The van der Waals surface area contributed by atoms with Crippen molar-refractivity contribution in [3.63, 3.8) is 0 Å². The van der Waals surface area contributed by atoms with E-state index < -0.39 is 11.5 Å². The van der Waals surface area contributed by atoms with Crippen LogP contribution in [-0.2, 0) is 9.63 Å². The Kier molecular flexibility index (Phi) is 4.70. The van der Waals surface area contributed by atoms with Gasteiger partial charge in [-0.3, -0.25) is 4.79 Å². The van der Waals surface area contributed by atoms with Gasteiger partial charge >= 0.3 is 0 Å². The second kappa shape index (κ2) is 7.54. The van der Waals surface area contributed by atoms with Gasteiger partial charge < -0.3 is 19.8 Å². The molecule has 2 aliphatic heterocycles. The van der Waals surface area contributed by atoms with Gasteiger partial charge in [0, 0.05) is 19.0 Å². The highest BCUT2D eigenvalue weighted by Gasteiger charge is 2.62. The molecular formula is C22H22N6O3. The number of para-hydroxylation sites is 1. The molecule has 2 atom stereocenters. The first-order valence-electron chi connectivity index (χ1n) is 10.4. The smallest absolute Gasteiger partial charge is 0.269 e. The zero-order chi connectivity index (χ0) is 21.4. The molecule has 3 aliphatic rings. The lowest BCUT2D eigenvalue weighted by Gasteiger charge is -2.25. The summed E-state index contributed by atoms with van der Waals surface area (Å²) in [7, 11) is 0. The lowest BCUT2D eigenvalue weighted by Crippen LogP contribution is -2.53. The number of nitriles is 1. The van der Waals surface area contributed by atoms with E-state index in [1.165, 1.54) is 0 Å². The third-order valence-corrected chi connectivity index (χ3v) is 5.83. The minimum absolute atomic E-state index is 0.213. The van der Waals surface area contributed by atoms with Crippen molar-refractivity contribution in [2.75, 3.05) is 24.5 Å². The molecule has 2 aromatic rings.